The van der Waals surface area contributed by atoms with Gasteiger partial charge in [-0.15, -0.1) is 0 Å². The largest absolute Gasteiger partial charge is 0.375 e. The monoisotopic (exact) mass is 291 g/mol. The summed E-state index contributed by atoms with van der Waals surface area (Å²) in [7, 11) is 2.02. The van der Waals surface area contributed by atoms with E-state index in [1.165, 1.54) is 0 Å². The van der Waals surface area contributed by atoms with Crippen LogP contribution in [-0.2, 0) is 9.59 Å². The van der Waals surface area contributed by atoms with Crippen LogP contribution in [0.2, 0.25) is 0 Å². The third kappa shape index (κ3) is 4.77. The zero-order valence-corrected chi connectivity index (χ0v) is 13.3. The maximum absolute atomic E-state index is 11.7. The number of hydrogen-bond acceptors (Lipinski definition) is 4. The molecule has 1 aromatic carbocycles. The molecule has 2 rings (SSSR count). The molecule has 116 valence electrons. The predicted molar refractivity (Wildman–Crippen MR) is 86.5 cm³/mol. The van der Waals surface area contributed by atoms with Crippen LogP contribution in [0.15, 0.2) is 24.3 Å². The molecule has 1 unspecified atom stereocenters. The molecule has 0 saturated carbocycles. The molecule has 1 aliphatic rings. The lowest BCUT2D eigenvalue weighted by molar-refractivity contribution is -0.133. The predicted octanol–water partition coefficient (Wildman–Crippen LogP) is 2.39. The summed E-state index contributed by atoms with van der Waals surface area (Å²) in [5, 5.41) is 5.53. The van der Waals surface area contributed by atoms with Crippen LogP contribution in [0.4, 0.5) is 11.4 Å². The van der Waals surface area contributed by atoms with Crippen molar-refractivity contribution in [3.8, 4) is 0 Å². The summed E-state index contributed by atoms with van der Waals surface area (Å²) in [6.45, 7) is 7.00. The summed E-state index contributed by atoms with van der Waals surface area (Å²) in [6, 6.07) is 7.58. The Bertz CT molecular complexity index is 488. The first kappa shape index (κ1) is 17.0. The number of benzene rings is 1. The third-order valence-corrected chi connectivity index (χ3v) is 3.34. The molecule has 0 aromatic heterocycles. The summed E-state index contributed by atoms with van der Waals surface area (Å²) in [6.07, 6.45) is 0.927. The molecule has 5 heteroatoms. The van der Waals surface area contributed by atoms with E-state index in [9.17, 15) is 9.59 Å². The fraction of sp³-hybridized carbons (Fsp3) is 0.500. The van der Waals surface area contributed by atoms with Gasteiger partial charge in [0.15, 0.2) is 0 Å². The van der Waals surface area contributed by atoms with E-state index >= 15 is 0 Å². The lowest BCUT2D eigenvalue weighted by atomic mass is 10.1. The number of piperidine rings is 1. The van der Waals surface area contributed by atoms with Gasteiger partial charge in [0.1, 0.15) is 6.04 Å². The van der Waals surface area contributed by atoms with Gasteiger partial charge in [0, 0.05) is 31.4 Å². The van der Waals surface area contributed by atoms with Crippen molar-refractivity contribution in [2.75, 3.05) is 23.8 Å². The van der Waals surface area contributed by atoms with Gasteiger partial charge in [-0.1, -0.05) is 19.9 Å². The van der Waals surface area contributed by atoms with Crippen LogP contribution in [0.3, 0.4) is 0 Å². The Labute approximate surface area is 126 Å². The fourth-order valence-electron chi connectivity index (χ4n) is 2.05. The van der Waals surface area contributed by atoms with Crippen molar-refractivity contribution in [2.24, 2.45) is 0 Å². The van der Waals surface area contributed by atoms with Gasteiger partial charge in [0.25, 0.3) is 0 Å². The van der Waals surface area contributed by atoms with Gasteiger partial charge in [-0.25, -0.2) is 0 Å². The van der Waals surface area contributed by atoms with E-state index < -0.39 is 0 Å². The quantitative estimate of drug-likeness (QED) is 0.836. The maximum Gasteiger partial charge on any atom is 0.249 e. The van der Waals surface area contributed by atoms with Crippen LogP contribution >= 0.6 is 0 Å². The fourth-order valence-corrected chi connectivity index (χ4v) is 2.05. The summed E-state index contributed by atoms with van der Waals surface area (Å²) in [5.74, 6) is -0.437. The van der Waals surface area contributed by atoms with Gasteiger partial charge in [-0.3, -0.25) is 14.9 Å². The third-order valence-electron chi connectivity index (χ3n) is 3.34. The Hall–Kier alpha value is -2.04. The standard InChI is InChI=1S/C14H19N3O2.C2H6/c1-3-17(2)11-6-4-5-10(9-11)15-12-7-8-13(18)16-14(12)19;1-2/h4-6,9,12,15H,3,7-8H2,1-2H3,(H,16,18,19);1-2H3. The second kappa shape index (κ2) is 8.29. The van der Waals surface area contributed by atoms with E-state index in [0.717, 1.165) is 17.9 Å². The Balaban J connectivity index is 0.00000106. The van der Waals surface area contributed by atoms with Crippen molar-refractivity contribution < 1.29 is 9.59 Å². The smallest absolute Gasteiger partial charge is 0.249 e. The molecule has 1 saturated heterocycles. The summed E-state index contributed by atoms with van der Waals surface area (Å²) in [5.41, 5.74) is 1.99. The summed E-state index contributed by atoms with van der Waals surface area (Å²) < 4.78 is 0. The van der Waals surface area contributed by atoms with Gasteiger partial charge in [-0.05, 0) is 31.5 Å². The number of nitrogens with one attached hydrogen (secondary N) is 2. The van der Waals surface area contributed by atoms with Gasteiger partial charge < -0.3 is 10.2 Å². The molecule has 0 bridgehead atoms. The number of amides is 2. The highest BCUT2D eigenvalue weighted by atomic mass is 16.2. The van der Waals surface area contributed by atoms with Crippen molar-refractivity contribution >= 4 is 23.2 Å². The van der Waals surface area contributed by atoms with Gasteiger partial charge >= 0.3 is 0 Å². The zero-order valence-electron chi connectivity index (χ0n) is 13.3. The topological polar surface area (TPSA) is 61.4 Å². The average molecular weight is 291 g/mol. The number of nitrogens with zero attached hydrogens (tertiary/aromatic N) is 1. The molecule has 1 aliphatic heterocycles. The van der Waals surface area contributed by atoms with E-state index in [0.29, 0.717) is 12.8 Å². The Morgan fingerprint density at radius 2 is 2.05 bits per heavy atom. The normalized spacial score (nSPS) is 17.4. The van der Waals surface area contributed by atoms with Gasteiger partial charge in [0.2, 0.25) is 11.8 Å². The highest BCUT2D eigenvalue weighted by molar-refractivity contribution is 6.01. The zero-order chi connectivity index (χ0) is 15.8. The molecule has 5 nitrogen and oxygen atoms in total. The van der Waals surface area contributed by atoms with Crippen molar-refractivity contribution in [3.05, 3.63) is 24.3 Å². The minimum Gasteiger partial charge on any atom is -0.375 e. The number of hydrogen-bond donors (Lipinski definition) is 2. The lowest BCUT2D eigenvalue weighted by Gasteiger charge is -2.24. The molecule has 0 radical (unpaired) electrons. The van der Waals surface area contributed by atoms with Crippen LogP contribution in [0.5, 0.6) is 0 Å². The highest BCUT2D eigenvalue weighted by Gasteiger charge is 2.26. The number of anilines is 2. The van der Waals surface area contributed by atoms with Crippen molar-refractivity contribution in [1.82, 2.24) is 5.32 Å². The number of carbonyl (C=O) groups excluding carboxylic acids is 2. The van der Waals surface area contributed by atoms with Crippen LogP contribution < -0.4 is 15.5 Å². The van der Waals surface area contributed by atoms with E-state index in [1.807, 2.05) is 45.2 Å². The van der Waals surface area contributed by atoms with E-state index in [4.69, 9.17) is 0 Å². The van der Waals surface area contributed by atoms with Crippen molar-refractivity contribution in [3.63, 3.8) is 0 Å². The van der Waals surface area contributed by atoms with Crippen molar-refractivity contribution in [2.45, 2.75) is 39.7 Å². The Morgan fingerprint density at radius 3 is 2.67 bits per heavy atom. The maximum atomic E-state index is 11.7. The number of imide groups is 1. The van der Waals surface area contributed by atoms with Crippen LogP contribution in [0, 0.1) is 0 Å². The summed E-state index contributed by atoms with van der Waals surface area (Å²) >= 11 is 0. The highest BCUT2D eigenvalue weighted by Crippen LogP contribution is 2.20. The molecule has 2 N–H and O–H groups in total. The minimum atomic E-state index is -0.333. The van der Waals surface area contributed by atoms with E-state index in [2.05, 4.69) is 22.5 Å². The lowest BCUT2D eigenvalue weighted by Crippen LogP contribution is -2.47. The molecule has 1 fully saturated rings. The van der Waals surface area contributed by atoms with Crippen LogP contribution in [0.1, 0.15) is 33.6 Å². The number of rotatable bonds is 4. The average Bonchev–Trinajstić information content (AvgIpc) is 2.51. The van der Waals surface area contributed by atoms with Gasteiger partial charge in [0.05, 0.1) is 0 Å². The van der Waals surface area contributed by atoms with Crippen LogP contribution in [-0.4, -0.2) is 31.4 Å². The first-order valence-electron chi connectivity index (χ1n) is 7.51. The first-order chi connectivity index (χ1) is 10.1. The Morgan fingerprint density at radius 1 is 1.33 bits per heavy atom. The molecule has 0 spiro atoms. The first-order valence-corrected chi connectivity index (χ1v) is 7.51. The second-order valence-electron chi connectivity index (χ2n) is 4.71. The van der Waals surface area contributed by atoms with Crippen molar-refractivity contribution in [1.29, 1.82) is 0 Å². The van der Waals surface area contributed by atoms with Gasteiger partial charge in [-0.2, -0.15) is 0 Å². The van der Waals surface area contributed by atoms with E-state index in [-0.39, 0.29) is 17.9 Å². The molecule has 1 aromatic rings. The molecular weight excluding hydrogens is 266 g/mol. The molecule has 1 atom stereocenters. The molecule has 1 heterocycles. The molecular formula is C16H25N3O2. The molecule has 2 amide bonds. The Kier molecular flexibility index (Phi) is 6.72. The van der Waals surface area contributed by atoms with E-state index in [1.54, 1.807) is 0 Å². The SMILES string of the molecule is CC.CCN(C)c1cccc(NC2CCC(=O)NC2=O)c1. The second-order valence-corrected chi connectivity index (χ2v) is 4.71. The minimum absolute atomic E-state index is 0.192. The van der Waals surface area contributed by atoms with Crippen LogP contribution in [0.25, 0.3) is 0 Å². The number of carbonyl (C=O) groups is 2. The summed E-state index contributed by atoms with van der Waals surface area (Å²) in [4.78, 5) is 24.9. The molecule has 21 heavy (non-hydrogen) atoms. The molecule has 0 aliphatic carbocycles.